The molecule has 0 spiro atoms. The largest absolute Gasteiger partial charge is 0.379 e. The number of fused-ring (bicyclic) bond motifs is 1. The van der Waals surface area contributed by atoms with Gasteiger partial charge in [0, 0.05) is 28.6 Å². The molecule has 0 aliphatic carbocycles. The molecule has 3 rings (SSSR count). The minimum Gasteiger partial charge on any atom is -0.379 e. The van der Waals surface area contributed by atoms with Gasteiger partial charge in [-0.1, -0.05) is 18.2 Å². The molecule has 19 heavy (non-hydrogen) atoms. The Morgan fingerprint density at radius 1 is 1.21 bits per heavy atom. The first-order valence-electron chi connectivity index (χ1n) is 5.98. The summed E-state index contributed by atoms with van der Waals surface area (Å²) in [5.41, 5.74) is 0. The molecule has 7 heteroatoms. The van der Waals surface area contributed by atoms with Crippen molar-refractivity contribution in [2.75, 3.05) is 26.3 Å². The van der Waals surface area contributed by atoms with Gasteiger partial charge in [-0.05, 0) is 6.07 Å². The van der Waals surface area contributed by atoms with Crippen molar-refractivity contribution in [1.29, 1.82) is 0 Å². The van der Waals surface area contributed by atoms with E-state index in [2.05, 4.69) is 4.83 Å². The van der Waals surface area contributed by atoms with Crippen LogP contribution in [0.2, 0.25) is 0 Å². The molecule has 0 saturated carbocycles. The topological polar surface area (TPSA) is 58.6 Å². The summed E-state index contributed by atoms with van der Waals surface area (Å²) < 4.78 is 31.0. The maximum absolute atomic E-state index is 12.4. The molecule has 102 valence electrons. The fraction of sp³-hybridized carbons (Fsp3) is 0.333. The number of nitrogens with zero attached hydrogens (tertiary/aromatic N) is 1. The first kappa shape index (κ1) is 13.0. The molecular formula is C12H14N2O3S2. The number of nitrogens with one attached hydrogen (secondary N) is 1. The number of morpholine rings is 1. The van der Waals surface area contributed by atoms with Crippen molar-refractivity contribution in [3.8, 4) is 0 Å². The molecule has 0 atom stereocenters. The summed E-state index contributed by atoms with van der Waals surface area (Å²) in [5.74, 6) is 0. The molecule has 1 N–H and O–H groups in total. The van der Waals surface area contributed by atoms with E-state index < -0.39 is 10.0 Å². The maximum atomic E-state index is 12.4. The highest BCUT2D eigenvalue weighted by Gasteiger charge is 2.22. The van der Waals surface area contributed by atoms with Crippen molar-refractivity contribution in [1.82, 2.24) is 9.84 Å². The van der Waals surface area contributed by atoms with E-state index in [1.54, 1.807) is 10.4 Å². The minimum atomic E-state index is -3.51. The molecule has 2 aromatic rings. The summed E-state index contributed by atoms with van der Waals surface area (Å²) in [6.45, 7) is 2.24. The Morgan fingerprint density at radius 3 is 2.74 bits per heavy atom. The molecular weight excluding hydrogens is 284 g/mol. The molecule has 1 aliphatic heterocycles. The van der Waals surface area contributed by atoms with Crippen LogP contribution in [0.25, 0.3) is 10.1 Å². The third-order valence-corrected chi connectivity index (χ3v) is 5.52. The Balaban J connectivity index is 1.91. The standard InChI is InChI=1S/C12H14N2O3S2/c15-19(16,13-14-5-7-17-8-6-14)12-9-18-11-4-2-1-3-10(11)12/h1-4,9,13H,5-8H2. The summed E-state index contributed by atoms with van der Waals surface area (Å²) in [7, 11) is -3.51. The van der Waals surface area contributed by atoms with Gasteiger partial charge >= 0.3 is 0 Å². The van der Waals surface area contributed by atoms with Crippen LogP contribution in [0.4, 0.5) is 0 Å². The third-order valence-electron chi connectivity index (χ3n) is 3.00. The predicted octanol–water partition coefficient (Wildman–Crippen LogP) is 1.43. The van der Waals surface area contributed by atoms with Crippen molar-refractivity contribution in [2.24, 2.45) is 0 Å². The van der Waals surface area contributed by atoms with Crippen LogP contribution in [0, 0.1) is 0 Å². The lowest BCUT2D eigenvalue weighted by Crippen LogP contribution is -2.48. The van der Waals surface area contributed by atoms with Crippen molar-refractivity contribution in [3.63, 3.8) is 0 Å². The van der Waals surface area contributed by atoms with Gasteiger partial charge in [0.2, 0.25) is 0 Å². The Labute approximate surface area is 115 Å². The Hall–Kier alpha value is -0.990. The summed E-state index contributed by atoms with van der Waals surface area (Å²) in [5, 5.41) is 4.15. The van der Waals surface area contributed by atoms with E-state index >= 15 is 0 Å². The fourth-order valence-electron chi connectivity index (χ4n) is 2.04. The lowest BCUT2D eigenvalue weighted by atomic mass is 10.3. The molecule has 0 unspecified atom stereocenters. The number of sulfonamides is 1. The van der Waals surface area contributed by atoms with E-state index in [9.17, 15) is 8.42 Å². The highest BCUT2D eigenvalue weighted by Crippen LogP contribution is 2.29. The molecule has 1 saturated heterocycles. The molecule has 5 nitrogen and oxygen atoms in total. The zero-order valence-corrected chi connectivity index (χ0v) is 11.8. The van der Waals surface area contributed by atoms with Crippen LogP contribution in [0.5, 0.6) is 0 Å². The van der Waals surface area contributed by atoms with Gasteiger partial charge in [0.05, 0.1) is 13.2 Å². The van der Waals surface area contributed by atoms with Gasteiger partial charge in [-0.25, -0.2) is 13.4 Å². The van der Waals surface area contributed by atoms with E-state index in [0.29, 0.717) is 31.2 Å². The fourth-order valence-corrected chi connectivity index (χ4v) is 4.66. The van der Waals surface area contributed by atoms with Crippen LogP contribution in [0.15, 0.2) is 34.5 Å². The zero-order chi connectivity index (χ0) is 13.3. The molecule has 1 aromatic heterocycles. The van der Waals surface area contributed by atoms with Crippen molar-refractivity contribution in [2.45, 2.75) is 4.90 Å². The molecule has 0 bridgehead atoms. The second-order valence-corrected chi connectivity index (χ2v) is 6.83. The zero-order valence-electron chi connectivity index (χ0n) is 10.2. The minimum absolute atomic E-state index is 0.347. The number of hydrazine groups is 1. The quantitative estimate of drug-likeness (QED) is 0.931. The highest BCUT2D eigenvalue weighted by atomic mass is 32.2. The molecule has 1 aliphatic rings. The Morgan fingerprint density at radius 2 is 1.95 bits per heavy atom. The van der Waals surface area contributed by atoms with Crippen LogP contribution in [0.1, 0.15) is 0 Å². The van der Waals surface area contributed by atoms with Crippen molar-refractivity contribution >= 4 is 31.4 Å². The summed E-state index contributed by atoms with van der Waals surface area (Å²) in [4.78, 5) is 2.97. The number of thiophene rings is 1. The van der Waals surface area contributed by atoms with E-state index in [4.69, 9.17) is 4.74 Å². The Bertz CT molecular complexity index is 675. The van der Waals surface area contributed by atoms with E-state index in [1.165, 1.54) is 11.3 Å². The number of ether oxygens (including phenoxy) is 1. The van der Waals surface area contributed by atoms with E-state index in [1.807, 2.05) is 24.3 Å². The van der Waals surface area contributed by atoms with Gasteiger partial charge in [0.15, 0.2) is 0 Å². The SMILES string of the molecule is O=S(=O)(NN1CCOCC1)c1csc2ccccc12. The third kappa shape index (κ3) is 2.65. The molecule has 1 aromatic carbocycles. The van der Waals surface area contributed by atoms with Gasteiger partial charge in [-0.15, -0.1) is 16.2 Å². The summed E-state index contributed by atoms with van der Waals surface area (Å²) >= 11 is 1.44. The lowest BCUT2D eigenvalue weighted by Gasteiger charge is -2.26. The van der Waals surface area contributed by atoms with Crippen LogP contribution in [-0.4, -0.2) is 39.7 Å². The normalized spacial score (nSPS) is 17.9. The predicted molar refractivity (Wildman–Crippen MR) is 74.5 cm³/mol. The summed E-state index contributed by atoms with van der Waals surface area (Å²) in [6.07, 6.45) is 0. The first-order valence-corrected chi connectivity index (χ1v) is 8.34. The van der Waals surface area contributed by atoms with Crippen LogP contribution in [0.3, 0.4) is 0 Å². The Kier molecular flexibility index (Phi) is 3.55. The van der Waals surface area contributed by atoms with Crippen molar-refractivity contribution in [3.05, 3.63) is 29.6 Å². The number of rotatable bonds is 3. The molecule has 1 fully saturated rings. The van der Waals surface area contributed by atoms with Crippen LogP contribution < -0.4 is 4.83 Å². The highest BCUT2D eigenvalue weighted by molar-refractivity contribution is 7.89. The molecule has 2 heterocycles. The smallest absolute Gasteiger partial charge is 0.254 e. The van der Waals surface area contributed by atoms with Gasteiger partial charge in [-0.2, -0.15) is 0 Å². The number of hydrogen-bond acceptors (Lipinski definition) is 5. The average molecular weight is 298 g/mol. The van der Waals surface area contributed by atoms with Crippen LogP contribution >= 0.6 is 11.3 Å². The average Bonchev–Trinajstić information content (AvgIpc) is 2.84. The molecule has 0 radical (unpaired) electrons. The second kappa shape index (κ2) is 5.18. The van der Waals surface area contributed by atoms with Gasteiger partial charge < -0.3 is 4.74 Å². The number of hydrogen-bond donors (Lipinski definition) is 1. The van der Waals surface area contributed by atoms with Crippen molar-refractivity contribution < 1.29 is 13.2 Å². The van der Waals surface area contributed by atoms with Gasteiger partial charge in [-0.3, -0.25) is 0 Å². The van der Waals surface area contributed by atoms with E-state index in [-0.39, 0.29) is 0 Å². The lowest BCUT2D eigenvalue weighted by molar-refractivity contribution is 0.0272. The first-order chi connectivity index (χ1) is 9.17. The van der Waals surface area contributed by atoms with Gasteiger partial charge in [0.25, 0.3) is 10.0 Å². The molecule has 0 amide bonds. The number of benzene rings is 1. The van der Waals surface area contributed by atoms with Crippen LogP contribution in [-0.2, 0) is 14.8 Å². The monoisotopic (exact) mass is 298 g/mol. The van der Waals surface area contributed by atoms with E-state index in [0.717, 1.165) is 10.1 Å². The van der Waals surface area contributed by atoms with Gasteiger partial charge in [0.1, 0.15) is 4.90 Å². The maximum Gasteiger partial charge on any atom is 0.254 e. The second-order valence-electron chi connectivity index (χ2n) is 4.29. The summed E-state index contributed by atoms with van der Waals surface area (Å²) in [6, 6.07) is 7.51.